The average molecular weight is 363 g/mol. The molecule has 0 N–H and O–H groups in total. The molecule has 0 spiro atoms. The molecule has 2 aliphatic heterocycles. The number of para-hydroxylation sites is 1. The van der Waals surface area contributed by atoms with E-state index < -0.39 is 0 Å². The van der Waals surface area contributed by atoms with E-state index >= 15 is 0 Å². The number of amides is 2. The Bertz CT molecular complexity index is 792. The Morgan fingerprint density at radius 3 is 2.37 bits per heavy atom. The lowest BCUT2D eigenvalue weighted by molar-refractivity contribution is 0.173. The van der Waals surface area contributed by atoms with Gasteiger partial charge < -0.3 is 4.90 Å². The van der Waals surface area contributed by atoms with Crippen LogP contribution in [-0.2, 0) is 13.0 Å². The molecular formula is C24H30N2O. The van der Waals surface area contributed by atoms with Gasteiger partial charge in [-0.3, -0.25) is 4.90 Å². The van der Waals surface area contributed by atoms with Crippen LogP contribution in [0.5, 0.6) is 0 Å². The number of unbranched alkanes of at least 4 members (excludes halogenated alkanes) is 1. The summed E-state index contributed by atoms with van der Waals surface area (Å²) in [6.07, 6.45) is 7.10. The van der Waals surface area contributed by atoms with Crippen LogP contribution in [0.25, 0.3) is 0 Å². The summed E-state index contributed by atoms with van der Waals surface area (Å²) in [6.45, 7) is 4.72. The third-order valence-electron chi connectivity index (χ3n) is 6.19. The van der Waals surface area contributed by atoms with Crippen molar-refractivity contribution in [2.75, 3.05) is 18.0 Å². The Kier molecular flexibility index (Phi) is 5.47. The summed E-state index contributed by atoms with van der Waals surface area (Å²) in [5.74, 6) is 0.797. The van der Waals surface area contributed by atoms with Crippen LogP contribution in [0, 0.1) is 5.92 Å². The molecule has 2 heterocycles. The number of hydrogen-bond acceptors (Lipinski definition) is 1. The van der Waals surface area contributed by atoms with Crippen LogP contribution >= 0.6 is 0 Å². The summed E-state index contributed by atoms with van der Waals surface area (Å²) in [5.41, 5.74) is 4.92. The number of piperidine rings is 1. The Labute approximate surface area is 163 Å². The maximum Gasteiger partial charge on any atom is 0.324 e. The van der Waals surface area contributed by atoms with Gasteiger partial charge in [0, 0.05) is 18.8 Å². The van der Waals surface area contributed by atoms with E-state index in [4.69, 9.17) is 0 Å². The molecule has 0 atom stereocenters. The largest absolute Gasteiger partial charge is 0.324 e. The molecule has 2 aromatic carbocycles. The quantitative estimate of drug-likeness (QED) is 0.695. The third-order valence-corrected chi connectivity index (χ3v) is 6.19. The van der Waals surface area contributed by atoms with Crippen molar-refractivity contribution >= 4 is 11.7 Å². The topological polar surface area (TPSA) is 23.6 Å². The predicted molar refractivity (Wildman–Crippen MR) is 111 cm³/mol. The van der Waals surface area contributed by atoms with Crippen LogP contribution in [0.2, 0.25) is 0 Å². The highest BCUT2D eigenvalue weighted by Crippen LogP contribution is 2.32. The van der Waals surface area contributed by atoms with Crippen molar-refractivity contribution in [3.05, 3.63) is 65.2 Å². The second-order valence-electron chi connectivity index (χ2n) is 8.02. The van der Waals surface area contributed by atoms with Crippen molar-refractivity contribution in [1.29, 1.82) is 0 Å². The second kappa shape index (κ2) is 8.16. The minimum atomic E-state index is 0.174. The first-order valence-electron chi connectivity index (χ1n) is 10.5. The fraction of sp³-hybridized carbons (Fsp3) is 0.458. The Morgan fingerprint density at radius 1 is 0.963 bits per heavy atom. The van der Waals surface area contributed by atoms with Gasteiger partial charge in [-0.1, -0.05) is 68.7 Å². The fourth-order valence-corrected chi connectivity index (χ4v) is 4.52. The summed E-state index contributed by atoms with van der Waals surface area (Å²) in [4.78, 5) is 17.5. The molecule has 3 heteroatoms. The standard InChI is InChI=1S/C24H30N2O/c1-2-3-8-19-13-15-25(16-14-19)24(27)26-18-22-11-5-4-9-20(22)17-21-10-6-7-12-23(21)26/h4-7,9-12,19H,2-3,8,13-18H2,1H3. The number of fused-ring (bicyclic) bond motifs is 2. The second-order valence-corrected chi connectivity index (χ2v) is 8.02. The molecule has 0 bridgehead atoms. The normalized spacial score (nSPS) is 17.2. The molecule has 2 amide bonds. The monoisotopic (exact) mass is 362 g/mol. The lowest BCUT2D eigenvalue weighted by Crippen LogP contribution is -2.46. The molecule has 142 valence electrons. The zero-order chi connectivity index (χ0) is 18.6. The number of hydrogen-bond donors (Lipinski definition) is 0. The predicted octanol–water partition coefficient (Wildman–Crippen LogP) is 5.62. The van der Waals surface area contributed by atoms with Gasteiger partial charge in [-0.15, -0.1) is 0 Å². The molecule has 0 radical (unpaired) electrons. The van der Waals surface area contributed by atoms with Crippen LogP contribution < -0.4 is 4.90 Å². The molecule has 4 rings (SSSR count). The van der Waals surface area contributed by atoms with Gasteiger partial charge in [-0.05, 0) is 47.9 Å². The molecule has 0 unspecified atom stereocenters. The molecule has 1 fully saturated rings. The first kappa shape index (κ1) is 18.1. The minimum absolute atomic E-state index is 0.174. The molecule has 2 aromatic rings. The first-order chi connectivity index (χ1) is 13.3. The van der Waals surface area contributed by atoms with E-state index in [0.29, 0.717) is 6.54 Å². The van der Waals surface area contributed by atoms with Gasteiger partial charge in [0.15, 0.2) is 0 Å². The van der Waals surface area contributed by atoms with E-state index in [1.54, 1.807) is 0 Å². The number of urea groups is 1. The summed E-state index contributed by atoms with van der Waals surface area (Å²) < 4.78 is 0. The van der Waals surface area contributed by atoms with E-state index in [1.807, 2.05) is 11.0 Å². The summed E-state index contributed by atoms with van der Waals surface area (Å²) in [7, 11) is 0. The minimum Gasteiger partial charge on any atom is -0.324 e. The van der Waals surface area contributed by atoms with Crippen molar-refractivity contribution in [1.82, 2.24) is 4.90 Å². The number of anilines is 1. The van der Waals surface area contributed by atoms with Crippen molar-refractivity contribution in [3.8, 4) is 0 Å². The summed E-state index contributed by atoms with van der Waals surface area (Å²) in [5, 5.41) is 0. The van der Waals surface area contributed by atoms with Crippen LogP contribution in [0.4, 0.5) is 10.5 Å². The maximum atomic E-state index is 13.5. The molecule has 27 heavy (non-hydrogen) atoms. The first-order valence-corrected chi connectivity index (χ1v) is 10.5. The lowest BCUT2D eigenvalue weighted by Gasteiger charge is -2.36. The number of carbonyl (C=O) groups is 1. The van der Waals surface area contributed by atoms with E-state index in [1.165, 1.54) is 36.0 Å². The molecule has 3 nitrogen and oxygen atoms in total. The summed E-state index contributed by atoms with van der Waals surface area (Å²) in [6, 6.07) is 17.1. The van der Waals surface area contributed by atoms with E-state index in [0.717, 1.165) is 44.0 Å². The molecule has 0 saturated carbocycles. The smallest absolute Gasteiger partial charge is 0.324 e. The van der Waals surface area contributed by atoms with Crippen LogP contribution in [-0.4, -0.2) is 24.0 Å². The highest BCUT2D eigenvalue weighted by Gasteiger charge is 2.29. The van der Waals surface area contributed by atoms with Gasteiger partial charge >= 0.3 is 6.03 Å². The Hall–Kier alpha value is -2.29. The van der Waals surface area contributed by atoms with Crippen LogP contribution in [0.15, 0.2) is 48.5 Å². The van der Waals surface area contributed by atoms with Gasteiger partial charge in [0.1, 0.15) is 0 Å². The van der Waals surface area contributed by atoms with Crippen molar-refractivity contribution < 1.29 is 4.79 Å². The van der Waals surface area contributed by atoms with E-state index in [9.17, 15) is 4.79 Å². The van der Waals surface area contributed by atoms with Gasteiger partial charge in [0.2, 0.25) is 0 Å². The van der Waals surface area contributed by atoms with Gasteiger partial charge in [-0.25, -0.2) is 4.79 Å². The number of benzene rings is 2. The molecule has 0 aromatic heterocycles. The van der Waals surface area contributed by atoms with Gasteiger partial charge in [0.25, 0.3) is 0 Å². The average Bonchev–Trinajstić information content (AvgIpc) is 2.89. The highest BCUT2D eigenvalue weighted by molar-refractivity contribution is 5.93. The number of rotatable bonds is 3. The van der Waals surface area contributed by atoms with Gasteiger partial charge in [0.05, 0.1) is 6.54 Å². The zero-order valence-corrected chi connectivity index (χ0v) is 16.4. The van der Waals surface area contributed by atoms with E-state index in [-0.39, 0.29) is 6.03 Å². The lowest BCUT2D eigenvalue weighted by atomic mass is 9.92. The van der Waals surface area contributed by atoms with Crippen LogP contribution in [0.1, 0.15) is 55.7 Å². The zero-order valence-electron chi connectivity index (χ0n) is 16.4. The van der Waals surface area contributed by atoms with Crippen molar-refractivity contribution in [2.24, 2.45) is 5.92 Å². The maximum absolute atomic E-state index is 13.5. The number of nitrogens with zero attached hydrogens (tertiary/aromatic N) is 2. The van der Waals surface area contributed by atoms with Crippen molar-refractivity contribution in [3.63, 3.8) is 0 Å². The van der Waals surface area contributed by atoms with Crippen molar-refractivity contribution in [2.45, 2.75) is 52.0 Å². The third kappa shape index (κ3) is 3.87. The SMILES string of the molecule is CCCCC1CCN(C(=O)N2Cc3ccccc3Cc3ccccc32)CC1. The Balaban J connectivity index is 1.55. The summed E-state index contributed by atoms with van der Waals surface area (Å²) >= 11 is 0. The number of carbonyl (C=O) groups excluding carboxylic acids is 1. The van der Waals surface area contributed by atoms with E-state index in [2.05, 4.69) is 54.3 Å². The molecular weight excluding hydrogens is 332 g/mol. The number of likely N-dealkylation sites (tertiary alicyclic amines) is 1. The highest BCUT2D eigenvalue weighted by atomic mass is 16.2. The van der Waals surface area contributed by atoms with Gasteiger partial charge in [-0.2, -0.15) is 0 Å². The molecule has 0 aliphatic carbocycles. The van der Waals surface area contributed by atoms with Crippen LogP contribution in [0.3, 0.4) is 0 Å². The fourth-order valence-electron chi connectivity index (χ4n) is 4.52. The Morgan fingerprint density at radius 2 is 1.63 bits per heavy atom. The molecule has 1 saturated heterocycles. The molecule has 2 aliphatic rings.